The zero-order chi connectivity index (χ0) is 9.54. The van der Waals surface area contributed by atoms with E-state index in [9.17, 15) is 0 Å². The fraction of sp³-hybridized carbons (Fsp3) is 0.333. The Morgan fingerprint density at radius 3 is 2.86 bits per heavy atom. The SMILES string of the molecule is NCc1cccc2ccn(C3CC3)c12. The molecule has 1 heterocycles. The third-order valence-electron chi connectivity index (χ3n) is 2.98. The van der Waals surface area contributed by atoms with Crippen molar-refractivity contribution in [3.05, 3.63) is 36.0 Å². The Hall–Kier alpha value is -1.28. The van der Waals surface area contributed by atoms with E-state index < -0.39 is 0 Å². The van der Waals surface area contributed by atoms with Crippen LogP contribution in [0.1, 0.15) is 24.4 Å². The van der Waals surface area contributed by atoms with Gasteiger partial charge in [0, 0.05) is 18.8 Å². The number of benzene rings is 1. The van der Waals surface area contributed by atoms with Crippen molar-refractivity contribution in [1.82, 2.24) is 4.57 Å². The van der Waals surface area contributed by atoms with Crippen LogP contribution < -0.4 is 5.73 Å². The average molecular weight is 186 g/mol. The number of nitrogens with two attached hydrogens (primary N) is 1. The molecule has 0 radical (unpaired) electrons. The van der Waals surface area contributed by atoms with Crippen LogP contribution in [0, 0.1) is 0 Å². The van der Waals surface area contributed by atoms with E-state index in [1.54, 1.807) is 0 Å². The molecule has 1 aromatic carbocycles. The molecule has 0 aliphatic heterocycles. The molecule has 0 saturated heterocycles. The first-order valence-electron chi connectivity index (χ1n) is 5.18. The number of aromatic nitrogens is 1. The van der Waals surface area contributed by atoms with Crippen molar-refractivity contribution < 1.29 is 0 Å². The molecule has 72 valence electrons. The van der Waals surface area contributed by atoms with Crippen LogP contribution >= 0.6 is 0 Å². The Labute approximate surface area is 83.3 Å². The van der Waals surface area contributed by atoms with Crippen LogP contribution in [0.15, 0.2) is 30.5 Å². The van der Waals surface area contributed by atoms with Crippen molar-refractivity contribution in [3.8, 4) is 0 Å². The van der Waals surface area contributed by atoms with Crippen molar-refractivity contribution in [2.75, 3.05) is 0 Å². The molecule has 1 saturated carbocycles. The quantitative estimate of drug-likeness (QED) is 0.767. The van der Waals surface area contributed by atoms with E-state index in [-0.39, 0.29) is 0 Å². The fourth-order valence-corrected chi connectivity index (χ4v) is 2.12. The van der Waals surface area contributed by atoms with Gasteiger partial charge in [0.1, 0.15) is 0 Å². The molecule has 0 bridgehead atoms. The van der Waals surface area contributed by atoms with Gasteiger partial charge in [-0.3, -0.25) is 0 Å². The topological polar surface area (TPSA) is 30.9 Å². The number of hydrogen-bond acceptors (Lipinski definition) is 1. The number of fused-ring (bicyclic) bond motifs is 1. The van der Waals surface area contributed by atoms with Gasteiger partial charge in [-0.2, -0.15) is 0 Å². The van der Waals surface area contributed by atoms with E-state index in [0.717, 1.165) is 6.04 Å². The van der Waals surface area contributed by atoms with Gasteiger partial charge in [-0.1, -0.05) is 18.2 Å². The number of nitrogens with zero attached hydrogens (tertiary/aromatic N) is 1. The molecule has 0 spiro atoms. The third kappa shape index (κ3) is 1.07. The lowest BCUT2D eigenvalue weighted by atomic mass is 10.1. The van der Waals surface area contributed by atoms with Crippen LogP contribution in [0.3, 0.4) is 0 Å². The van der Waals surface area contributed by atoms with Crippen LogP contribution in [-0.4, -0.2) is 4.57 Å². The molecule has 1 aromatic heterocycles. The van der Waals surface area contributed by atoms with Gasteiger partial charge in [-0.05, 0) is 29.9 Å². The van der Waals surface area contributed by atoms with E-state index in [1.165, 1.54) is 29.3 Å². The van der Waals surface area contributed by atoms with Gasteiger partial charge >= 0.3 is 0 Å². The Morgan fingerprint density at radius 2 is 2.14 bits per heavy atom. The Kier molecular flexibility index (Phi) is 1.64. The molecule has 0 unspecified atom stereocenters. The summed E-state index contributed by atoms with van der Waals surface area (Å²) in [7, 11) is 0. The van der Waals surface area contributed by atoms with Crippen molar-refractivity contribution >= 4 is 10.9 Å². The van der Waals surface area contributed by atoms with E-state index in [4.69, 9.17) is 5.73 Å². The van der Waals surface area contributed by atoms with Gasteiger partial charge < -0.3 is 10.3 Å². The summed E-state index contributed by atoms with van der Waals surface area (Å²) in [5, 5.41) is 1.32. The Balaban J connectivity index is 2.29. The highest BCUT2D eigenvalue weighted by Gasteiger charge is 2.24. The molecule has 0 atom stereocenters. The molecule has 2 heteroatoms. The molecule has 2 aromatic rings. The molecule has 1 aliphatic rings. The first-order valence-corrected chi connectivity index (χ1v) is 5.18. The number of rotatable bonds is 2. The van der Waals surface area contributed by atoms with Gasteiger partial charge in [-0.15, -0.1) is 0 Å². The maximum atomic E-state index is 5.75. The predicted molar refractivity (Wildman–Crippen MR) is 58.1 cm³/mol. The molecule has 3 rings (SSSR count). The molecule has 14 heavy (non-hydrogen) atoms. The molecule has 2 N–H and O–H groups in total. The monoisotopic (exact) mass is 186 g/mol. The molecule has 1 aliphatic carbocycles. The largest absolute Gasteiger partial charge is 0.344 e. The minimum absolute atomic E-state index is 0.633. The Bertz CT molecular complexity index is 466. The van der Waals surface area contributed by atoms with Crippen LogP contribution in [0.4, 0.5) is 0 Å². The summed E-state index contributed by atoms with van der Waals surface area (Å²) in [6, 6.07) is 9.29. The Morgan fingerprint density at radius 1 is 1.29 bits per heavy atom. The summed E-state index contributed by atoms with van der Waals surface area (Å²) in [6.45, 7) is 0.633. The van der Waals surface area contributed by atoms with Gasteiger partial charge in [0.2, 0.25) is 0 Å². The molecule has 2 nitrogen and oxygen atoms in total. The summed E-state index contributed by atoms with van der Waals surface area (Å²) in [6.07, 6.45) is 4.84. The van der Waals surface area contributed by atoms with Crippen LogP contribution in [-0.2, 0) is 6.54 Å². The van der Waals surface area contributed by atoms with Crippen LogP contribution in [0.5, 0.6) is 0 Å². The van der Waals surface area contributed by atoms with Crippen molar-refractivity contribution in [1.29, 1.82) is 0 Å². The number of para-hydroxylation sites is 1. The van der Waals surface area contributed by atoms with Crippen molar-refractivity contribution in [2.24, 2.45) is 5.73 Å². The standard InChI is InChI=1S/C12H14N2/c13-8-10-3-1-2-9-6-7-14(12(9)10)11-4-5-11/h1-3,6-7,11H,4-5,8,13H2. The van der Waals surface area contributed by atoms with Crippen molar-refractivity contribution in [2.45, 2.75) is 25.4 Å². The molecule has 0 amide bonds. The highest BCUT2D eigenvalue weighted by Crippen LogP contribution is 2.38. The van der Waals surface area contributed by atoms with Gasteiger partial charge in [-0.25, -0.2) is 0 Å². The summed E-state index contributed by atoms with van der Waals surface area (Å²) in [4.78, 5) is 0. The predicted octanol–water partition coefficient (Wildman–Crippen LogP) is 2.43. The molecular weight excluding hydrogens is 172 g/mol. The summed E-state index contributed by atoms with van der Waals surface area (Å²) < 4.78 is 2.39. The van der Waals surface area contributed by atoms with E-state index >= 15 is 0 Å². The van der Waals surface area contributed by atoms with E-state index in [1.807, 2.05) is 0 Å². The summed E-state index contributed by atoms with van der Waals surface area (Å²) in [5.41, 5.74) is 8.36. The van der Waals surface area contributed by atoms with Gasteiger partial charge in [0.15, 0.2) is 0 Å². The normalized spacial score (nSPS) is 16.4. The maximum Gasteiger partial charge on any atom is 0.0528 e. The second kappa shape index (κ2) is 2.85. The van der Waals surface area contributed by atoms with Crippen LogP contribution in [0.2, 0.25) is 0 Å². The molecular formula is C12H14N2. The minimum Gasteiger partial charge on any atom is -0.344 e. The zero-order valence-electron chi connectivity index (χ0n) is 8.11. The zero-order valence-corrected chi connectivity index (χ0v) is 8.11. The highest BCUT2D eigenvalue weighted by atomic mass is 15.0. The lowest BCUT2D eigenvalue weighted by Gasteiger charge is -2.06. The number of hydrogen-bond donors (Lipinski definition) is 1. The van der Waals surface area contributed by atoms with Crippen LogP contribution in [0.25, 0.3) is 10.9 Å². The lowest BCUT2D eigenvalue weighted by Crippen LogP contribution is -2.00. The second-order valence-electron chi connectivity index (χ2n) is 4.01. The highest BCUT2D eigenvalue weighted by molar-refractivity contribution is 5.83. The average Bonchev–Trinajstić information content (AvgIpc) is 2.97. The summed E-state index contributed by atoms with van der Waals surface area (Å²) >= 11 is 0. The summed E-state index contributed by atoms with van der Waals surface area (Å²) in [5.74, 6) is 0. The smallest absolute Gasteiger partial charge is 0.0528 e. The maximum absolute atomic E-state index is 5.75. The first-order chi connectivity index (χ1) is 6.90. The second-order valence-corrected chi connectivity index (χ2v) is 4.01. The fourth-order valence-electron chi connectivity index (χ4n) is 2.12. The van der Waals surface area contributed by atoms with E-state index in [2.05, 4.69) is 35.0 Å². The van der Waals surface area contributed by atoms with E-state index in [0.29, 0.717) is 6.54 Å². The van der Waals surface area contributed by atoms with Gasteiger partial charge in [0.25, 0.3) is 0 Å². The lowest BCUT2D eigenvalue weighted by molar-refractivity contribution is 0.771. The first kappa shape index (κ1) is 8.06. The minimum atomic E-state index is 0.633. The molecule has 1 fully saturated rings. The van der Waals surface area contributed by atoms with Crippen molar-refractivity contribution in [3.63, 3.8) is 0 Å². The third-order valence-corrected chi connectivity index (χ3v) is 2.98. The van der Waals surface area contributed by atoms with Gasteiger partial charge in [0.05, 0.1) is 5.52 Å².